The maximum Gasteiger partial charge on any atom is 0.165 e. The predicted molar refractivity (Wildman–Crippen MR) is 56.6 cm³/mol. The zero-order chi connectivity index (χ0) is 11.1. The van der Waals surface area contributed by atoms with E-state index in [1.165, 1.54) is 6.07 Å². The van der Waals surface area contributed by atoms with Crippen LogP contribution in [-0.4, -0.2) is 12.9 Å². The molecular formula is C12H15FO2. The topological polar surface area (TPSA) is 26.3 Å². The van der Waals surface area contributed by atoms with E-state index in [1.807, 2.05) is 13.0 Å². The number of unbranched alkanes of at least 4 members (excludes halogenated alkanes) is 1. The van der Waals surface area contributed by atoms with Crippen LogP contribution < -0.4 is 4.74 Å². The van der Waals surface area contributed by atoms with E-state index in [2.05, 4.69) is 0 Å². The van der Waals surface area contributed by atoms with Gasteiger partial charge in [-0.3, -0.25) is 0 Å². The zero-order valence-corrected chi connectivity index (χ0v) is 8.83. The van der Waals surface area contributed by atoms with Crippen molar-refractivity contribution >= 4 is 6.29 Å². The lowest BCUT2D eigenvalue weighted by Crippen LogP contribution is -1.96. The molecule has 1 aromatic carbocycles. The lowest BCUT2D eigenvalue weighted by Gasteiger charge is -2.06. The number of hydrogen-bond acceptors (Lipinski definition) is 2. The zero-order valence-electron chi connectivity index (χ0n) is 8.83. The number of rotatable bonds is 6. The second-order valence-electron chi connectivity index (χ2n) is 3.26. The van der Waals surface area contributed by atoms with Crippen molar-refractivity contribution in [2.24, 2.45) is 0 Å². The van der Waals surface area contributed by atoms with Crippen LogP contribution in [0, 0.1) is 5.82 Å². The van der Waals surface area contributed by atoms with Crippen LogP contribution in [0.4, 0.5) is 4.39 Å². The average Bonchev–Trinajstić information content (AvgIpc) is 2.23. The summed E-state index contributed by atoms with van der Waals surface area (Å²) < 4.78 is 18.4. The largest absolute Gasteiger partial charge is 0.491 e. The van der Waals surface area contributed by atoms with Crippen LogP contribution in [0.3, 0.4) is 0 Å². The third kappa shape index (κ3) is 3.70. The Hall–Kier alpha value is -1.38. The van der Waals surface area contributed by atoms with Gasteiger partial charge in [0.15, 0.2) is 11.6 Å². The average molecular weight is 210 g/mol. The normalized spacial score (nSPS) is 10.0. The molecule has 0 saturated carbocycles. The summed E-state index contributed by atoms with van der Waals surface area (Å²) in [7, 11) is 0. The summed E-state index contributed by atoms with van der Waals surface area (Å²) in [5, 5.41) is 0. The Labute approximate surface area is 89.1 Å². The van der Waals surface area contributed by atoms with Gasteiger partial charge in [-0.25, -0.2) is 4.39 Å². The minimum atomic E-state index is -0.333. The van der Waals surface area contributed by atoms with Gasteiger partial charge in [0.05, 0.1) is 6.61 Å². The maximum absolute atomic E-state index is 13.4. The van der Waals surface area contributed by atoms with Crippen LogP contribution in [0.15, 0.2) is 18.2 Å². The highest BCUT2D eigenvalue weighted by Gasteiger charge is 2.03. The minimum Gasteiger partial charge on any atom is -0.491 e. The Kier molecular flexibility index (Phi) is 4.81. The molecule has 0 aliphatic carbocycles. The van der Waals surface area contributed by atoms with Crippen LogP contribution in [-0.2, 0) is 11.2 Å². The molecule has 0 atom stereocenters. The molecule has 15 heavy (non-hydrogen) atoms. The number of ether oxygens (including phenoxy) is 1. The number of aldehydes is 1. The van der Waals surface area contributed by atoms with E-state index in [0.29, 0.717) is 13.0 Å². The fourth-order valence-corrected chi connectivity index (χ4v) is 1.36. The molecule has 1 rings (SSSR count). The van der Waals surface area contributed by atoms with Gasteiger partial charge in [-0.1, -0.05) is 6.07 Å². The summed E-state index contributed by atoms with van der Waals surface area (Å²) in [4.78, 5) is 10.1. The third-order valence-corrected chi connectivity index (χ3v) is 2.08. The standard InChI is InChI=1S/C12H15FO2/c1-2-15-12-7-6-10(9-11(12)13)5-3-4-8-14/h6-9H,2-5H2,1H3. The molecule has 0 spiro atoms. The molecule has 0 N–H and O–H groups in total. The first-order chi connectivity index (χ1) is 7.27. The molecule has 0 radical (unpaired) electrons. The van der Waals surface area contributed by atoms with Gasteiger partial charge in [0.1, 0.15) is 6.29 Å². The van der Waals surface area contributed by atoms with Crippen molar-refractivity contribution in [2.45, 2.75) is 26.2 Å². The SMILES string of the molecule is CCOc1ccc(CCCC=O)cc1F. The summed E-state index contributed by atoms with van der Waals surface area (Å²) >= 11 is 0. The van der Waals surface area contributed by atoms with Crippen LogP contribution in [0.2, 0.25) is 0 Å². The highest BCUT2D eigenvalue weighted by Crippen LogP contribution is 2.19. The number of aryl methyl sites for hydroxylation is 1. The van der Waals surface area contributed by atoms with Crippen LogP contribution in [0.5, 0.6) is 5.75 Å². The first kappa shape index (κ1) is 11.7. The Morgan fingerprint density at radius 1 is 1.47 bits per heavy atom. The number of carbonyl (C=O) groups is 1. The Bertz CT molecular complexity index is 323. The van der Waals surface area contributed by atoms with Crippen LogP contribution >= 0.6 is 0 Å². The van der Waals surface area contributed by atoms with Crippen LogP contribution in [0.25, 0.3) is 0 Å². The first-order valence-electron chi connectivity index (χ1n) is 5.12. The number of hydrogen-bond donors (Lipinski definition) is 0. The Morgan fingerprint density at radius 2 is 2.27 bits per heavy atom. The van der Waals surface area contributed by atoms with Gasteiger partial charge in [0.25, 0.3) is 0 Å². The minimum absolute atomic E-state index is 0.289. The predicted octanol–water partition coefficient (Wildman–Crippen LogP) is 2.75. The van der Waals surface area contributed by atoms with E-state index in [0.717, 1.165) is 24.7 Å². The molecule has 0 bridgehead atoms. The molecule has 0 fully saturated rings. The molecule has 0 aromatic heterocycles. The van der Waals surface area contributed by atoms with Gasteiger partial charge < -0.3 is 9.53 Å². The molecule has 2 nitrogen and oxygen atoms in total. The summed E-state index contributed by atoms with van der Waals surface area (Å²) in [6.45, 7) is 2.28. The van der Waals surface area contributed by atoms with Crippen molar-refractivity contribution in [3.63, 3.8) is 0 Å². The van der Waals surface area contributed by atoms with Gasteiger partial charge in [-0.05, 0) is 37.5 Å². The molecule has 3 heteroatoms. The van der Waals surface area contributed by atoms with E-state index in [-0.39, 0.29) is 11.6 Å². The van der Waals surface area contributed by atoms with Crippen molar-refractivity contribution in [1.29, 1.82) is 0 Å². The van der Waals surface area contributed by atoms with Gasteiger partial charge in [-0.2, -0.15) is 0 Å². The molecular weight excluding hydrogens is 195 g/mol. The molecule has 1 aromatic rings. The van der Waals surface area contributed by atoms with Crippen molar-refractivity contribution in [3.05, 3.63) is 29.6 Å². The third-order valence-electron chi connectivity index (χ3n) is 2.08. The highest BCUT2D eigenvalue weighted by atomic mass is 19.1. The van der Waals surface area contributed by atoms with E-state index in [1.54, 1.807) is 6.07 Å². The Balaban J connectivity index is 2.60. The molecule has 0 unspecified atom stereocenters. The first-order valence-corrected chi connectivity index (χ1v) is 5.12. The quantitative estimate of drug-likeness (QED) is 0.533. The fourth-order valence-electron chi connectivity index (χ4n) is 1.36. The van der Waals surface area contributed by atoms with E-state index < -0.39 is 0 Å². The molecule has 82 valence electrons. The van der Waals surface area contributed by atoms with E-state index in [9.17, 15) is 9.18 Å². The number of halogens is 1. The van der Waals surface area contributed by atoms with Crippen molar-refractivity contribution in [1.82, 2.24) is 0 Å². The number of benzene rings is 1. The highest BCUT2D eigenvalue weighted by molar-refractivity contribution is 5.49. The molecule has 0 aliphatic rings. The van der Waals surface area contributed by atoms with E-state index in [4.69, 9.17) is 4.74 Å². The lowest BCUT2D eigenvalue weighted by molar-refractivity contribution is -0.107. The Morgan fingerprint density at radius 3 is 2.87 bits per heavy atom. The summed E-state index contributed by atoms with van der Waals surface area (Å²) in [5.41, 5.74) is 0.901. The van der Waals surface area contributed by atoms with Crippen LogP contribution in [0.1, 0.15) is 25.3 Å². The maximum atomic E-state index is 13.4. The monoisotopic (exact) mass is 210 g/mol. The van der Waals surface area contributed by atoms with Crippen molar-refractivity contribution < 1.29 is 13.9 Å². The van der Waals surface area contributed by atoms with E-state index >= 15 is 0 Å². The van der Waals surface area contributed by atoms with Gasteiger partial charge in [0.2, 0.25) is 0 Å². The molecule has 0 saturated heterocycles. The lowest BCUT2D eigenvalue weighted by atomic mass is 10.1. The van der Waals surface area contributed by atoms with Crippen molar-refractivity contribution in [3.8, 4) is 5.75 Å². The fraction of sp³-hybridized carbons (Fsp3) is 0.417. The summed E-state index contributed by atoms with van der Waals surface area (Å²) in [5.74, 6) is -0.0444. The van der Waals surface area contributed by atoms with Gasteiger partial charge in [0, 0.05) is 6.42 Å². The summed E-state index contributed by atoms with van der Waals surface area (Å²) in [6.07, 6.45) is 2.89. The van der Waals surface area contributed by atoms with Gasteiger partial charge in [-0.15, -0.1) is 0 Å². The van der Waals surface area contributed by atoms with Gasteiger partial charge >= 0.3 is 0 Å². The second-order valence-corrected chi connectivity index (χ2v) is 3.26. The summed E-state index contributed by atoms with van der Waals surface area (Å²) in [6, 6.07) is 4.93. The molecule has 0 heterocycles. The smallest absolute Gasteiger partial charge is 0.165 e. The number of carbonyl (C=O) groups excluding carboxylic acids is 1. The molecule has 0 amide bonds. The van der Waals surface area contributed by atoms with Crippen molar-refractivity contribution in [2.75, 3.05) is 6.61 Å². The second kappa shape index (κ2) is 6.17. The molecule has 0 aliphatic heterocycles.